The highest BCUT2D eigenvalue weighted by Gasteiger charge is 2.07. The maximum Gasteiger partial charge on any atom is 0.129 e. The number of hydrogen-bond donors (Lipinski definition) is 0. The lowest BCUT2D eigenvalue weighted by molar-refractivity contribution is 0.415. The molecule has 100 valence electrons. The molecule has 0 saturated carbocycles. The van der Waals surface area contributed by atoms with Crippen LogP contribution in [0.5, 0.6) is 5.75 Å². The van der Waals surface area contributed by atoms with Gasteiger partial charge in [0.05, 0.1) is 7.11 Å². The molecule has 2 aromatic carbocycles. The number of methoxy groups -OCH3 is 1. The standard InChI is InChI=1S/C15H15BrFNO/c1-18(13-5-7-14(19-2)8-6-13)10-11-3-4-12(16)9-15(11)17/h3-9H,10H2,1-2H3. The Morgan fingerprint density at radius 2 is 1.84 bits per heavy atom. The number of nitrogens with zero attached hydrogens (tertiary/aromatic N) is 1. The van der Waals surface area contributed by atoms with E-state index in [-0.39, 0.29) is 5.82 Å². The highest BCUT2D eigenvalue weighted by atomic mass is 79.9. The fraction of sp³-hybridized carbons (Fsp3) is 0.200. The molecular formula is C15H15BrFNO. The molecule has 2 rings (SSSR count). The fourth-order valence-corrected chi connectivity index (χ4v) is 2.17. The Morgan fingerprint density at radius 3 is 2.42 bits per heavy atom. The molecule has 4 heteroatoms. The molecule has 0 aliphatic carbocycles. The molecule has 0 atom stereocenters. The minimum atomic E-state index is -0.199. The van der Waals surface area contributed by atoms with Gasteiger partial charge < -0.3 is 9.64 Å². The number of rotatable bonds is 4. The average Bonchev–Trinajstić information content (AvgIpc) is 2.42. The van der Waals surface area contributed by atoms with E-state index in [0.717, 1.165) is 15.9 Å². The highest BCUT2D eigenvalue weighted by Crippen LogP contribution is 2.22. The first kappa shape index (κ1) is 13.9. The lowest BCUT2D eigenvalue weighted by Gasteiger charge is -2.20. The van der Waals surface area contributed by atoms with Crippen LogP contribution in [0.15, 0.2) is 46.9 Å². The maximum absolute atomic E-state index is 13.8. The molecule has 19 heavy (non-hydrogen) atoms. The molecule has 0 N–H and O–H groups in total. The first-order valence-corrected chi connectivity index (χ1v) is 6.68. The predicted octanol–water partition coefficient (Wildman–Crippen LogP) is 4.23. The van der Waals surface area contributed by atoms with Crippen molar-refractivity contribution in [3.8, 4) is 5.75 Å². The topological polar surface area (TPSA) is 12.5 Å². The third kappa shape index (κ3) is 3.47. The van der Waals surface area contributed by atoms with Gasteiger partial charge in [0.2, 0.25) is 0 Å². The third-order valence-electron chi connectivity index (χ3n) is 2.94. The van der Waals surface area contributed by atoms with Crippen LogP contribution in [0.2, 0.25) is 0 Å². The lowest BCUT2D eigenvalue weighted by Crippen LogP contribution is -2.17. The van der Waals surface area contributed by atoms with Crippen molar-refractivity contribution in [2.24, 2.45) is 0 Å². The zero-order valence-corrected chi connectivity index (χ0v) is 12.4. The van der Waals surface area contributed by atoms with Crippen molar-refractivity contribution in [2.75, 3.05) is 19.1 Å². The second kappa shape index (κ2) is 6.06. The van der Waals surface area contributed by atoms with Crippen molar-refractivity contribution in [1.82, 2.24) is 0 Å². The van der Waals surface area contributed by atoms with Gasteiger partial charge in [-0.1, -0.05) is 22.0 Å². The van der Waals surface area contributed by atoms with E-state index in [1.54, 1.807) is 13.2 Å². The Labute approximate surface area is 120 Å². The molecule has 0 fully saturated rings. The van der Waals surface area contributed by atoms with E-state index in [1.165, 1.54) is 6.07 Å². The predicted molar refractivity (Wildman–Crippen MR) is 79.2 cm³/mol. The van der Waals surface area contributed by atoms with Crippen molar-refractivity contribution in [3.63, 3.8) is 0 Å². The van der Waals surface area contributed by atoms with Crippen LogP contribution in [0.3, 0.4) is 0 Å². The van der Waals surface area contributed by atoms with Crippen molar-refractivity contribution in [2.45, 2.75) is 6.54 Å². The first-order chi connectivity index (χ1) is 9.10. The smallest absolute Gasteiger partial charge is 0.129 e. The average molecular weight is 324 g/mol. The van der Waals surface area contributed by atoms with E-state index in [1.807, 2.05) is 42.3 Å². The van der Waals surface area contributed by atoms with Crippen LogP contribution in [0.4, 0.5) is 10.1 Å². The van der Waals surface area contributed by atoms with Crippen LogP contribution in [-0.2, 0) is 6.54 Å². The Kier molecular flexibility index (Phi) is 4.43. The molecular weight excluding hydrogens is 309 g/mol. The maximum atomic E-state index is 13.8. The van der Waals surface area contributed by atoms with Crippen LogP contribution in [0.25, 0.3) is 0 Å². The van der Waals surface area contributed by atoms with E-state index in [4.69, 9.17) is 4.74 Å². The molecule has 0 saturated heterocycles. The van der Waals surface area contributed by atoms with Gasteiger partial charge in [-0.3, -0.25) is 0 Å². The molecule has 2 aromatic rings. The summed E-state index contributed by atoms with van der Waals surface area (Å²) in [5, 5.41) is 0. The van der Waals surface area contributed by atoms with Gasteiger partial charge in [-0.25, -0.2) is 4.39 Å². The Morgan fingerprint density at radius 1 is 1.16 bits per heavy atom. The lowest BCUT2D eigenvalue weighted by atomic mass is 10.2. The number of anilines is 1. The molecule has 0 aliphatic heterocycles. The summed E-state index contributed by atoms with van der Waals surface area (Å²) in [7, 11) is 3.57. The second-order valence-corrected chi connectivity index (χ2v) is 5.21. The molecule has 0 aliphatic rings. The van der Waals surface area contributed by atoms with Crippen LogP contribution < -0.4 is 9.64 Å². The van der Waals surface area contributed by atoms with Gasteiger partial charge in [0.1, 0.15) is 11.6 Å². The second-order valence-electron chi connectivity index (χ2n) is 4.29. The summed E-state index contributed by atoms with van der Waals surface area (Å²) in [6, 6.07) is 12.8. The van der Waals surface area contributed by atoms with Gasteiger partial charge in [-0.15, -0.1) is 0 Å². The summed E-state index contributed by atoms with van der Waals surface area (Å²) in [5.74, 6) is 0.613. The van der Waals surface area contributed by atoms with Crippen molar-refractivity contribution in [3.05, 3.63) is 58.3 Å². The third-order valence-corrected chi connectivity index (χ3v) is 3.43. The normalized spacial score (nSPS) is 10.3. The van der Waals surface area contributed by atoms with Crippen LogP contribution in [-0.4, -0.2) is 14.2 Å². The molecule has 0 amide bonds. The zero-order chi connectivity index (χ0) is 13.8. The number of benzene rings is 2. The van der Waals surface area contributed by atoms with Gasteiger partial charge in [0.15, 0.2) is 0 Å². The summed E-state index contributed by atoms with van der Waals surface area (Å²) in [6.07, 6.45) is 0. The quantitative estimate of drug-likeness (QED) is 0.834. The van der Waals surface area contributed by atoms with E-state index in [0.29, 0.717) is 12.1 Å². The zero-order valence-electron chi connectivity index (χ0n) is 10.9. The van der Waals surface area contributed by atoms with E-state index in [9.17, 15) is 4.39 Å². The monoisotopic (exact) mass is 323 g/mol. The van der Waals surface area contributed by atoms with Crippen molar-refractivity contribution in [1.29, 1.82) is 0 Å². The Hall–Kier alpha value is -1.55. The van der Waals surface area contributed by atoms with Gasteiger partial charge in [-0.05, 0) is 36.4 Å². The van der Waals surface area contributed by atoms with Gasteiger partial charge in [0.25, 0.3) is 0 Å². The molecule has 0 unspecified atom stereocenters. The largest absolute Gasteiger partial charge is 0.497 e. The number of ether oxygens (including phenoxy) is 1. The summed E-state index contributed by atoms with van der Waals surface area (Å²) in [5.41, 5.74) is 1.68. The Balaban J connectivity index is 2.13. The minimum Gasteiger partial charge on any atom is -0.497 e. The first-order valence-electron chi connectivity index (χ1n) is 5.89. The SMILES string of the molecule is COc1ccc(N(C)Cc2ccc(Br)cc2F)cc1. The summed E-state index contributed by atoms with van der Waals surface area (Å²) in [4.78, 5) is 1.99. The summed E-state index contributed by atoms with van der Waals surface area (Å²) < 4.78 is 19.6. The molecule has 0 bridgehead atoms. The van der Waals surface area contributed by atoms with Crippen LogP contribution in [0.1, 0.15) is 5.56 Å². The molecule has 0 aromatic heterocycles. The Bertz CT molecular complexity index is 557. The van der Waals surface area contributed by atoms with Crippen LogP contribution >= 0.6 is 15.9 Å². The minimum absolute atomic E-state index is 0.199. The number of hydrogen-bond acceptors (Lipinski definition) is 2. The van der Waals surface area contributed by atoms with Gasteiger partial charge in [-0.2, -0.15) is 0 Å². The number of halogens is 2. The fourth-order valence-electron chi connectivity index (χ4n) is 1.83. The molecule has 0 heterocycles. The van der Waals surface area contributed by atoms with Crippen molar-refractivity contribution < 1.29 is 9.13 Å². The molecule has 2 nitrogen and oxygen atoms in total. The van der Waals surface area contributed by atoms with Gasteiger partial charge >= 0.3 is 0 Å². The molecule has 0 spiro atoms. The van der Waals surface area contributed by atoms with Gasteiger partial charge in [0, 0.05) is 29.3 Å². The van der Waals surface area contributed by atoms with E-state index in [2.05, 4.69) is 15.9 Å². The highest BCUT2D eigenvalue weighted by molar-refractivity contribution is 9.10. The van der Waals surface area contributed by atoms with E-state index >= 15 is 0 Å². The molecule has 0 radical (unpaired) electrons. The summed E-state index contributed by atoms with van der Waals surface area (Å²) >= 11 is 3.26. The summed E-state index contributed by atoms with van der Waals surface area (Å²) in [6.45, 7) is 0.519. The van der Waals surface area contributed by atoms with Crippen LogP contribution in [0, 0.1) is 5.82 Å². The van der Waals surface area contributed by atoms with E-state index < -0.39 is 0 Å². The van der Waals surface area contributed by atoms with Crippen molar-refractivity contribution >= 4 is 21.6 Å².